The zero-order valence-electron chi connectivity index (χ0n) is 11.9. The van der Waals surface area contributed by atoms with Gasteiger partial charge in [-0.15, -0.1) is 11.6 Å². The van der Waals surface area contributed by atoms with E-state index in [1.807, 2.05) is 36.4 Å². The first-order valence-electron chi connectivity index (χ1n) is 6.53. The summed E-state index contributed by atoms with van der Waals surface area (Å²) in [5.41, 5.74) is 2.07. The van der Waals surface area contributed by atoms with E-state index in [4.69, 9.17) is 27.9 Å². The van der Waals surface area contributed by atoms with Crippen LogP contribution in [-0.4, -0.2) is 0 Å². The van der Waals surface area contributed by atoms with E-state index in [0.29, 0.717) is 10.9 Å². The lowest BCUT2D eigenvalue weighted by molar-refractivity contribution is 0.452. The number of hydrogen-bond donors (Lipinski definition) is 0. The van der Waals surface area contributed by atoms with Crippen molar-refractivity contribution >= 4 is 23.2 Å². The zero-order chi connectivity index (χ0) is 14.8. The maximum absolute atomic E-state index is 6.07. The molecule has 3 heteroatoms. The van der Waals surface area contributed by atoms with E-state index in [9.17, 15) is 0 Å². The summed E-state index contributed by atoms with van der Waals surface area (Å²) >= 11 is 11.9. The number of alkyl halides is 1. The van der Waals surface area contributed by atoms with Gasteiger partial charge < -0.3 is 4.74 Å². The third-order valence-corrected chi connectivity index (χ3v) is 3.60. The quantitative estimate of drug-likeness (QED) is 0.616. The zero-order valence-corrected chi connectivity index (χ0v) is 13.4. The highest BCUT2D eigenvalue weighted by molar-refractivity contribution is 6.30. The third-order valence-electron chi connectivity index (χ3n) is 3.08. The first-order valence-corrected chi connectivity index (χ1v) is 7.45. The van der Waals surface area contributed by atoms with Gasteiger partial charge in [0.25, 0.3) is 0 Å². The molecule has 0 fully saturated rings. The first kappa shape index (κ1) is 15.2. The van der Waals surface area contributed by atoms with Crippen molar-refractivity contribution in [2.45, 2.75) is 32.1 Å². The van der Waals surface area contributed by atoms with Crippen LogP contribution in [0.1, 0.15) is 31.9 Å². The van der Waals surface area contributed by atoms with E-state index in [1.165, 1.54) is 0 Å². The van der Waals surface area contributed by atoms with Crippen LogP contribution in [-0.2, 0) is 11.3 Å². The summed E-state index contributed by atoms with van der Waals surface area (Å²) in [5.74, 6) is 1.97. The van der Waals surface area contributed by atoms with Crippen LogP contribution >= 0.6 is 23.2 Å². The topological polar surface area (TPSA) is 9.23 Å². The van der Waals surface area contributed by atoms with Gasteiger partial charge in [0.15, 0.2) is 0 Å². The molecule has 106 valence electrons. The van der Waals surface area contributed by atoms with Crippen molar-refractivity contribution in [2.24, 2.45) is 0 Å². The summed E-state index contributed by atoms with van der Waals surface area (Å²) in [6.45, 7) is 6.50. The standard InChI is InChI=1S/C17H18Cl2O/c1-17(2,3)14-6-4-5-7-16(14)20-15-9-8-13(19)10-12(15)11-18/h4-10H,11H2,1-3H3. The van der Waals surface area contributed by atoms with E-state index in [2.05, 4.69) is 26.8 Å². The highest BCUT2D eigenvalue weighted by Crippen LogP contribution is 2.36. The van der Waals surface area contributed by atoms with Crippen molar-refractivity contribution in [1.82, 2.24) is 0 Å². The molecule has 0 aliphatic carbocycles. The van der Waals surface area contributed by atoms with Crippen molar-refractivity contribution in [3.05, 3.63) is 58.6 Å². The third kappa shape index (κ3) is 3.47. The molecule has 0 heterocycles. The monoisotopic (exact) mass is 308 g/mol. The van der Waals surface area contributed by atoms with Crippen LogP contribution in [0.5, 0.6) is 11.5 Å². The van der Waals surface area contributed by atoms with Gasteiger partial charge in [-0.1, -0.05) is 50.6 Å². The van der Waals surface area contributed by atoms with Gasteiger partial charge in [-0.2, -0.15) is 0 Å². The van der Waals surface area contributed by atoms with E-state index in [1.54, 1.807) is 0 Å². The second-order valence-electron chi connectivity index (χ2n) is 5.73. The molecule has 0 bridgehead atoms. The van der Waals surface area contributed by atoms with Gasteiger partial charge in [0.05, 0.1) is 5.88 Å². The van der Waals surface area contributed by atoms with Crippen LogP contribution < -0.4 is 4.74 Å². The van der Waals surface area contributed by atoms with Crippen molar-refractivity contribution in [1.29, 1.82) is 0 Å². The van der Waals surface area contributed by atoms with Gasteiger partial charge in [0, 0.05) is 16.1 Å². The number of para-hydroxylation sites is 1. The lowest BCUT2D eigenvalue weighted by atomic mass is 9.86. The number of ether oxygens (including phenoxy) is 1. The molecule has 0 aliphatic rings. The Labute approximate surface area is 130 Å². The normalized spacial score (nSPS) is 11.4. The van der Waals surface area contributed by atoms with Crippen molar-refractivity contribution in [3.8, 4) is 11.5 Å². The molecule has 0 radical (unpaired) electrons. The molecular formula is C17H18Cl2O. The molecule has 0 saturated carbocycles. The Bertz CT molecular complexity index is 600. The van der Waals surface area contributed by atoms with Gasteiger partial charge in [0.1, 0.15) is 11.5 Å². The molecule has 2 aromatic rings. The van der Waals surface area contributed by atoms with Crippen LogP contribution in [0.3, 0.4) is 0 Å². The summed E-state index contributed by atoms with van der Waals surface area (Å²) in [5, 5.41) is 0.664. The lowest BCUT2D eigenvalue weighted by Crippen LogP contribution is -2.12. The predicted molar refractivity (Wildman–Crippen MR) is 86.2 cm³/mol. The molecule has 0 amide bonds. The van der Waals surface area contributed by atoms with Crippen molar-refractivity contribution in [2.75, 3.05) is 0 Å². The fourth-order valence-electron chi connectivity index (χ4n) is 2.05. The number of benzene rings is 2. The second kappa shape index (κ2) is 6.07. The van der Waals surface area contributed by atoms with Crippen LogP contribution in [0.15, 0.2) is 42.5 Å². The van der Waals surface area contributed by atoms with Gasteiger partial charge in [-0.25, -0.2) is 0 Å². The second-order valence-corrected chi connectivity index (χ2v) is 6.44. The van der Waals surface area contributed by atoms with E-state index < -0.39 is 0 Å². The van der Waals surface area contributed by atoms with Gasteiger partial charge in [-0.3, -0.25) is 0 Å². The summed E-state index contributed by atoms with van der Waals surface area (Å²) in [6, 6.07) is 13.6. The molecule has 0 spiro atoms. The van der Waals surface area contributed by atoms with Gasteiger partial charge in [-0.05, 0) is 29.7 Å². The largest absolute Gasteiger partial charge is 0.457 e. The molecule has 0 N–H and O–H groups in total. The van der Waals surface area contributed by atoms with Crippen LogP contribution in [0.25, 0.3) is 0 Å². The average molecular weight is 309 g/mol. The molecule has 0 aromatic heterocycles. The summed E-state index contributed by atoms with van der Waals surface area (Å²) < 4.78 is 6.07. The van der Waals surface area contributed by atoms with E-state index >= 15 is 0 Å². The Morgan fingerprint density at radius 2 is 1.70 bits per heavy atom. The number of halogens is 2. The van der Waals surface area contributed by atoms with Crippen molar-refractivity contribution < 1.29 is 4.74 Å². The van der Waals surface area contributed by atoms with Gasteiger partial charge >= 0.3 is 0 Å². The Hall–Kier alpha value is -1.18. The molecule has 0 saturated heterocycles. The fourth-order valence-corrected chi connectivity index (χ4v) is 2.45. The predicted octanol–water partition coefficient (Wildman–Crippen LogP) is 6.17. The minimum atomic E-state index is 0.0180. The molecule has 0 unspecified atom stereocenters. The van der Waals surface area contributed by atoms with Crippen LogP contribution in [0.2, 0.25) is 5.02 Å². The minimum Gasteiger partial charge on any atom is -0.457 e. The summed E-state index contributed by atoms with van der Waals surface area (Å²) in [7, 11) is 0. The van der Waals surface area contributed by atoms with Crippen LogP contribution in [0.4, 0.5) is 0 Å². The number of rotatable bonds is 3. The number of hydrogen-bond acceptors (Lipinski definition) is 1. The molecule has 2 aromatic carbocycles. The highest BCUT2D eigenvalue weighted by atomic mass is 35.5. The smallest absolute Gasteiger partial charge is 0.131 e. The van der Waals surface area contributed by atoms with E-state index in [-0.39, 0.29) is 5.41 Å². The summed E-state index contributed by atoms with van der Waals surface area (Å²) in [6.07, 6.45) is 0. The fraction of sp³-hybridized carbons (Fsp3) is 0.294. The van der Waals surface area contributed by atoms with E-state index in [0.717, 1.165) is 22.6 Å². The Kier molecular flexibility index (Phi) is 4.62. The maximum atomic E-state index is 6.07. The Morgan fingerprint density at radius 1 is 1.00 bits per heavy atom. The minimum absolute atomic E-state index is 0.0180. The Balaban J connectivity index is 2.41. The molecule has 0 aliphatic heterocycles. The lowest BCUT2D eigenvalue weighted by Gasteiger charge is -2.23. The molecule has 2 rings (SSSR count). The van der Waals surface area contributed by atoms with Crippen LogP contribution in [0, 0.1) is 0 Å². The van der Waals surface area contributed by atoms with Gasteiger partial charge in [0.2, 0.25) is 0 Å². The Morgan fingerprint density at radius 3 is 2.35 bits per heavy atom. The maximum Gasteiger partial charge on any atom is 0.131 e. The molecule has 20 heavy (non-hydrogen) atoms. The highest BCUT2D eigenvalue weighted by Gasteiger charge is 2.19. The van der Waals surface area contributed by atoms with Crippen molar-refractivity contribution in [3.63, 3.8) is 0 Å². The summed E-state index contributed by atoms with van der Waals surface area (Å²) in [4.78, 5) is 0. The first-order chi connectivity index (χ1) is 9.41. The molecule has 0 atom stereocenters. The molecular weight excluding hydrogens is 291 g/mol. The SMILES string of the molecule is CC(C)(C)c1ccccc1Oc1ccc(Cl)cc1CCl. The molecule has 1 nitrogen and oxygen atoms in total. The average Bonchev–Trinajstić information content (AvgIpc) is 2.40.